The van der Waals surface area contributed by atoms with Gasteiger partial charge in [-0.2, -0.15) is 0 Å². The Kier molecular flexibility index (Phi) is 4.85. The number of aromatic nitrogens is 2. The molecule has 2 heterocycles. The van der Waals surface area contributed by atoms with Crippen LogP contribution in [-0.2, 0) is 0 Å². The van der Waals surface area contributed by atoms with Gasteiger partial charge in [0, 0.05) is 38.3 Å². The van der Waals surface area contributed by atoms with E-state index in [4.69, 9.17) is 16.3 Å². The Morgan fingerprint density at radius 3 is 2.79 bits per heavy atom. The second-order valence-electron chi connectivity index (χ2n) is 5.91. The quantitative estimate of drug-likeness (QED) is 0.851. The van der Waals surface area contributed by atoms with Crippen LogP contribution in [-0.4, -0.2) is 54.1 Å². The summed E-state index contributed by atoms with van der Waals surface area (Å²) in [5.74, 6) is 0.0156. The fraction of sp³-hybridized carbons (Fsp3) is 0.353. The topological polar surface area (TPSA) is 58.6 Å². The maximum Gasteiger partial charge on any atom is 0.316 e. The number of nitrogens with zero attached hydrogens (tertiary/aromatic N) is 4. The van der Waals surface area contributed by atoms with Crippen molar-refractivity contribution in [3.05, 3.63) is 47.2 Å². The second-order valence-corrected chi connectivity index (χ2v) is 6.34. The Labute approximate surface area is 146 Å². The van der Waals surface area contributed by atoms with Gasteiger partial charge in [0.25, 0.3) is 5.91 Å². The van der Waals surface area contributed by atoms with Crippen LogP contribution in [0.2, 0.25) is 5.02 Å². The van der Waals surface area contributed by atoms with Crippen molar-refractivity contribution in [2.45, 2.75) is 12.5 Å². The summed E-state index contributed by atoms with van der Waals surface area (Å²) in [6, 6.07) is 7.90. The van der Waals surface area contributed by atoms with E-state index in [1.54, 1.807) is 4.90 Å². The number of amides is 1. The molecule has 0 spiro atoms. The Morgan fingerprint density at radius 1 is 1.33 bits per heavy atom. The predicted octanol–water partition coefficient (Wildman–Crippen LogP) is 2.49. The average molecular weight is 347 g/mol. The zero-order valence-corrected chi connectivity index (χ0v) is 14.4. The van der Waals surface area contributed by atoms with E-state index >= 15 is 0 Å². The van der Waals surface area contributed by atoms with Crippen LogP contribution < -0.4 is 9.64 Å². The van der Waals surface area contributed by atoms with Gasteiger partial charge in [-0.15, -0.1) is 0 Å². The van der Waals surface area contributed by atoms with Gasteiger partial charge in [-0.3, -0.25) is 4.79 Å². The molecule has 1 aliphatic rings. The lowest BCUT2D eigenvalue weighted by Gasteiger charge is -2.18. The van der Waals surface area contributed by atoms with E-state index in [1.165, 1.54) is 12.4 Å². The maximum atomic E-state index is 12.7. The molecule has 1 amide bonds. The van der Waals surface area contributed by atoms with E-state index in [0.717, 1.165) is 12.1 Å². The molecule has 126 valence electrons. The Morgan fingerprint density at radius 2 is 2.08 bits per heavy atom. The maximum absolute atomic E-state index is 12.7. The molecule has 0 saturated carbocycles. The van der Waals surface area contributed by atoms with Gasteiger partial charge < -0.3 is 14.5 Å². The Bertz CT molecular complexity index is 721. The van der Waals surface area contributed by atoms with E-state index in [-0.39, 0.29) is 18.0 Å². The summed E-state index contributed by atoms with van der Waals surface area (Å²) in [7, 11) is 3.91. The summed E-state index contributed by atoms with van der Waals surface area (Å²) in [5, 5.41) is 0.464. The van der Waals surface area contributed by atoms with Crippen LogP contribution in [0.3, 0.4) is 0 Å². The third kappa shape index (κ3) is 3.76. The fourth-order valence-corrected chi connectivity index (χ4v) is 2.72. The van der Waals surface area contributed by atoms with Crippen LogP contribution >= 0.6 is 11.6 Å². The summed E-state index contributed by atoms with van der Waals surface area (Å²) in [6.07, 6.45) is 3.64. The van der Waals surface area contributed by atoms with Crippen LogP contribution in [0.4, 0.5) is 5.69 Å². The Balaban J connectivity index is 1.63. The van der Waals surface area contributed by atoms with Crippen molar-refractivity contribution < 1.29 is 9.53 Å². The van der Waals surface area contributed by atoms with Crippen molar-refractivity contribution in [2.24, 2.45) is 0 Å². The zero-order valence-electron chi connectivity index (χ0n) is 13.6. The number of ether oxygens (including phenoxy) is 1. The molecule has 1 aromatic heterocycles. The van der Waals surface area contributed by atoms with Gasteiger partial charge in [0.1, 0.15) is 6.10 Å². The highest BCUT2D eigenvalue weighted by molar-refractivity contribution is 6.30. The first-order valence-corrected chi connectivity index (χ1v) is 8.11. The number of likely N-dealkylation sites (tertiary alicyclic amines) is 1. The zero-order chi connectivity index (χ0) is 17.1. The molecule has 24 heavy (non-hydrogen) atoms. The third-order valence-corrected chi connectivity index (χ3v) is 4.11. The van der Waals surface area contributed by atoms with Crippen molar-refractivity contribution in [1.29, 1.82) is 0 Å². The van der Waals surface area contributed by atoms with Gasteiger partial charge >= 0.3 is 6.01 Å². The molecule has 0 unspecified atom stereocenters. The molecule has 0 N–H and O–H groups in total. The monoisotopic (exact) mass is 346 g/mol. The highest BCUT2D eigenvalue weighted by atomic mass is 35.5. The number of benzene rings is 1. The van der Waals surface area contributed by atoms with Gasteiger partial charge in [0.2, 0.25) is 0 Å². The molecular formula is C17H19ClN4O2. The smallest absolute Gasteiger partial charge is 0.316 e. The van der Waals surface area contributed by atoms with E-state index < -0.39 is 0 Å². The largest absolute Gasteiger partial charge is 0.458 e. The van der Waals surface area contributed by atoms with Crippen molar-refractivity contribution in [3.63, 3.8) is 0 Å². The molecule has 1 saturated heterocycles. The first-order chi connectivity index (χ1) is 11.5. The second kappa shape index (κ2) is 7.05. The Hall–Kier alpha value is -2.34. The SMILES string of the molecule is CN(C)c1cccc(C(=O)N2CC[C@@H](Oc3ncc(Cl)cn3)C2)c1. The summed E-state index contributed by atoms with van der Waals surface area (Å²) in [4.78, 5) is 24.5. The number of rotatable bonds is 4. The first-order valence-electron chi connectivity index (χ1n) is 7.74. The predicted molar refractivity (Wildman–Crippen MR) is 92.7 cm³/mol. The highest BCUT2D eigenvalue weighted by Gasteiger charge is 2.29. The normalized spacial score (nSPS) is 17.0. The minimum atomic E-state index is -0.104. The molecule has 2 aromatic rings. The molecule has 1 atom stereocenters. The molecule has 6 nitrogen and oxygen atoms in total. The van der Waals surface area contributed by atoms with Crippen molar-refractivity contribution in [2.75, 3.05) is 32.1 Å². The number of hydrogen-bond donors (Lipinski definition) is 0. The lowest BCUT2D eigenvalue weighted by Crippen LogP contribution is -2.31. The fourth-order valence-electron chi connectivity index (χ4n) is 2.62. The number of carbonyl (C=O) groups is 1. The van der Waals surface area contributed by atoms with Gasteiger partial charge in [-0.05, 0) is 18.2 Å². The lowest BCUT2D eigenvalue weighted by molar-refractivity contribution is 0.0769. The van der Waals surface area contributed by atoms with Gasteiger partial charge in [0.15, 0.2) is 0 Å². The molecule has 0 aliphatic carbocycles. The number of carbonyl (C=O) groups excluding carboxylic acids is 1. The minimum Gasteiger partial charge on any atom is -0.458 e. The van der Waals surface area contributed by atoms with Gasteiger partial charge in [0.05, 0.1) is 24.0 Å². The van der Waals surface area contributed by atoms with Crippen LogP contribution in [0.15, 0.2) is 36.7 Å². The first kappa shape index (κ1) is 16.5. The summed E-state index contributed by atoms with van der Waals surface area (Å²) < 4.78 is 5.73. The average Bonchev–Trinajstić information content (AvgIpc) is 3.05. The van der Waals surface area contributed by atoms with E-state index in [2.05, 4.69) is 9.97 Å². The number of hydrogen-bond acceptors (Lipinski definition) is 5. The van der Waals surface area contributed by atoms with Crippen molar-refractivity contribution in [1.82, 2.24) is 14.9 Å². The summed E-state index contributed by atoms with van der Waals surface area (Å²) in [6.45, 7) is 1.18. The number of halogens is 1. The van der Waals surface area contributed by atoms with Crippen LogP contribution in [0.25, 0.3) is 0 Å². The molecule has 1 aliphatic heterocycles. The molecule has 3 rings (SSSR count). The van der Waals surface area contributed by atoms with E-state index in [0.29, 0.717) is 23.7 Å². The van der Waals surface area contributed by atoms with E-state index in [1.807, 2.05) is 43.3 Å². The minimum absolute atomic E-state index is 0.0156. The van der Waals surface area contributed by atoms with Crippen LogP contribution in [0.1, 0.15) is 16.8 Å². The molecule has 0 radical (unpaired) electrons. The van der Waals surface area contributed by atoms with E-state index in [9.17, 15) is 4.79 Å². The third-order valence-electron chi connectivity index (χ3n) is 3.91. The highest BCUT2D eigenvalue weighted by Crippen LogP contribution is 2.20. The van der Waals surface area contributed by atoms with Gasteiger partial charge in [-0.25, -0.2) is 9.97 Å². The lowest BCUT2D eigenvalue weighted by atomic mass is 10.1. The summed E-state index contributed by atoms with van der Waals surface area (Å²) in [5.41, 5.74) is 1.69. The van der Waals surface area contributed by atoms with Crippen LogP contribution in [0.5, 0.6) is 6.01 Å². The number of anilines is 1. The molecule has 1 fully saturated rings. The van der Waals surface area contributed by atoms with Crippen LogP contribution in [0, 0.1) is 0 Å². The molecule has 7 heteroatoms. The summed E-state index contributed by atoms with van der Waals surface area (Å²) >= 11 is 5.76. The van der Waals surface area contributed by atoms with Crippen molar-refractivity contribution in [3.8, 4) is 6.01 Å². The molecule has 0 bridgehead atoms. The van der Waals surface area contributed by atoms with Crippen molar-refractivity contribution >= 4 is 23.2 Å². The molecular weight excluding hydrogens is 328 g/mol. The standard InChI is InChI=1S/C17H19ClN4O2/c1-21(2)14-5-3-4-12(8-14)16(23)22-7-6-15(11-22)24-17-19-9-13(18)10-20-17/h3-5,8-10,15H,6-7,11H2,1-2H3/t15-/m1/s1. The molecule has 1 aromatic carbocycles. The van der Waals surface area contributed by atoms with Gasteiger partial charge in [-0.1, -0.05) is 17.7 Å².